The van der Waals surface area contributed by atoms with Gasteiger partial charge in [0.25, 0.3) is 0 Å². The van der Waals surface area contributed by atoms with Crippen LogP contribution in [0, 0.1) is 5.82 Å². The Balaban J connectivity index is 2.00. The smallest absolute Gasteiger partial charge is 0.125 e. The third-order valence-electron chi connectivity index (χ3n) is 3.72. The van der Waals surface area contributed by atoms with Gasteiger partial charge in [-0.05, 0) is 66.8 Å². The summed E-state index contributed by atoms with van der Waals surface area (Å²) < 4.78 is 13.9. The largest absolute Gasteiger partial charge is 0.380 e. The van der Waals surface area contributed by atoms with Gasteiger partial charge in [0, 0.05) is 17.1 Å². The van der Waals surface area contributed by atoms with Crippen LogP contribution in [0.3, 0.4) is 0 Å². The lowest BCUT2D eigenvalue weighted by molar-refractivity contribution is 0.285. The molecule has 20 heavy (non-hydrogen) atoms. The lowest BCUT2D eigenvalue weighted by Crippen LogP contribution is -2.27. The van der Waals surface area contributed by atoms with Crippen LogP contribution in [0.1, 0.15) is 32.6 Å². The Morgan fingerprint density at radius 1 is 1.40 bits per heavy atom. The molecular weight excluding hydrogens is 343 g/mol. The lowest BCUT2D eigenvalue weighted by Gasteiger charge is -2.21. The highest BCUT2D eigenvalue weighted by Crippen LogP contribution is 2.33. The van der Waals surface area contributed by atoms with Crippen molar-refractivity contribution in [1.29, 1.82) is 0 Å². The summed E-state index contributed by atoms with van der Waals surface area (Å²) in [5.74, 6) is -0.317. The number of hydrogen-bond acceptors (Lipinski definition) is 2. The van der Waals surface area contributed by atoms with Gasteiger partial charge in [-0.15, -0.1) is 0 Å². The Bertz CT molecular complexity index is 432. The van der Waals surface area contributed by atoms with Gasteiger partial charge in [0.2, 0.25) is 0 Å². The normalized spacial score (nSPS) is 20.7. The average Bonchev–Trinajstić information content (AvgIpc) is 2.60. The molecule has 1 aromatic carbocycles. The molecule has 0 bridgehead atoms. The van der Waals surface area contributed by atoms with E-state index in [9.17, 15) is 4.39 Å². The molecule has 1 saturated heterocycles. The summed E-state index contributed by atoms with van der Waals surface area (Å²) >= 11 is 9.51. The number of nitrogens with one attached hydrogen (secondary N) is 1. The van der Waals surface area contributed by atoms with Gasteiger partial charge in [0.15, 0.2) is 0 Å². The van der Waals surface area contributed by atoms with Crippen LogP contribution < -0.4 is 5.32 Å². The maximum absolute atomic E-state index is 13.2. The van der Waals surface area contributed by atoms with Crippen molar-refractivity contribution in [3.63, 3.8) is 0 Å². The van der Waals surface area contributed by atoms with Crippen molar-refractivity contribution in [1.82, 2.24) is 4.90 Å². The summed E-state index contributed by atoms with van der Waals surface area (Å²) in [6.45, 7) is 5.68. The molecule has 1 N–H and O–H groups in total. The molecule has 1 unspecified atom stereocenters. The first-order valence-corrected chi connectivity index (χ1v) is 8.40. The molecule has 0 spiro atoms. The van der Waals surface area contributed by atoms with Gasteiger partial charge in [-0.25, -0.2) is 4.39 Å². The maximum Gasteiger partial charge on any atom is 0.125 e. The van der Waals surface area contributed by atoms with Crippen molar-refractivity contribution in [2.75, 3.05) is 25.0 Å². The van der Waals surface area contributed by atoms with Crippen LogP contribution in [0.5, 0.6) is 0 Å². The van der Waals surface area contributed by atoms with Gasteiger partial charge in [-0.2, -0.15) is 0 Å². The van der Waals surface area contributed by atoms with E-state index in [2.05, 4.69) is 33.1 Å². The fraction of sp³-hybridized carbons (Fsp3) is 0.600. The third-order valence-corrected chi connectivity index (χ3v) is 4.64. The van der Waals surface area contributed by atoms with Crippen molar-refractivity contribution in [2.45, 2.75) is 38.6 Å². The summed E-state index contributed by atoms with van der Waals surface area (Å²) in [5, 5.41) is 3.91. The summed E-state index contributed by atoms with van der Waals surface area (Å²) in [7, 11) is 0. The first-order valence-electron chi connectivity index (χ1n) is 7.23. The Morgan fingerprint density at radius 3 is 2.90 bits per heavy atom. The predicted octanol–water partition coefficient (Wildman–Crippen LogP) is 4.92. The van der Waals surface area contributed by atoms with Gasteiger partial charge in [0.1, 0.15) is 5.82 Å². The summed E-state index contributed by atoms with van der Waals surface area (Å²) in [6, 6.07) is 3.21. The summed E-state index contributed by atoms with van der Waals surface area (Å²) in [4.78, 5) is 2.52. The van der Waals surface area contributed by atoms with Crippen LogP contribution in [0.4, 0.5) is 10.1 Å². The lowest BCUT2D eigenvalue weighted by atomic mass is 10.1. The van der Waals surface area contributed by atoms with Crippen LogP contribution in [0.25, 0.3) is 0 Å². The Hall–Kier alpha value is -0.320. The Kier molecular flexibility index (Phi) is 6.12. The molecule has 0 radical (unpaired) electrons. The zero-order valence-corrected chi connectivity index (χ0v) is 14.1. The van der Waals surface area contributed by atoms with Crippen LogP contribution in [0.15, 0.2) is 16.6 Å². The quantitative estimate of drug-likeness (QED) is 0.817. The van der Waals surface area contributed by atoms with Gasteiger partial charge >= 0.3 is 0 Å². The first kappa shape index (κ1) is 16.1. The number of rotatable bonds is 4. The van der Waals surface area contributed by atoms with E-state index in [0.717, 1.165) is 25.1 Å². The molecule has 1 fully saturated rings. The van der Waals surface area contributed by atoms with Crippen molar-refractivity contribution in [3.8, 4) is 0 Å². The van der Waals surface area contributed by atoms with Crippen molar-refractivity contribution >= 4 is 33.2 Å². The topological polar surface area (TPSA) is 15.3 Å². The molecule has 1 heterocycles. The molecule has 0 saturated carbocycles. The van der Waals surface area contributed by atoms with Crippen molar-refractivity contribution < 1.29 is 4.39 Å². The number of halogens is 3. The zero-order chi connectivity index (χ0) is 14.5. The molecule has 2 rings (SSSR count). The highest BCUT2D eigenvalue weighted by atomic mass is 79.9. The molecule has 1 aliphatic heterocycles. The number of anilines is 1. The molecule has 0 aromatic heterocycles. The second-order valence-corrected chi connectivity index (χ2v) is 6.62. The monoisotopic (exact) mass is 362 g/mol. The molecule has 5 heteroatoms. The summed E-state index contributed by atoms with van der Waals surface area (Å²) in [5.41, 5.74) is 0.807. The van der Waals surface area contributed by atoms with E-state index in [1.165, 1.54) is 38.1 Å². The minimum absolute atomic E-state index is 0.317. The Labute approximate surface area is 133 Å². The van der Waals surface area contributed by atoms with E-state index in [1.54, 1.807) is 0 Å². The van der Waals surface area contributed by atoms with E-state index < -0.39 is 0 Å². The fourth-order valence-corrected chi connectivity index (χ4v) is 3.65. The molecule has 1 aliphatic rings. The Morgan fingerprint density at radius 2 is 2.20 bits per heavy atom. The molecule has 0 aliphatic carbocycles. The van der Waals surface area contributed by atoms with E-state index in [4.69, 9.17) is 11.6 Å². The standard InChI is InChI=1S/C15H21BrClFN2/c1-2-6-20-7-3-4-12(5-8-20)19-15-13(16)9-11(18)10-14(15)17/h9-10,12,19H,2-8H2,1H3. The minimum Gasteiger partial charge on any atom is -0.380 e. The number of nitrogens with zero attached hydrogens (tertiary/aromatic N) is 1. The number of hydrogen-bond donors (Lipinski definition) is 1. The highest BCUT2D eigenvalue weighted by Gasteiger charge is 2.18. The van der Waals surface area contributed by atoms with E-state index >= 15 is 0 Å². The second kappa shape index (κ2) is 7.62. The first-order chi connectivity index (χ1) is 9.60. The van der Waals surface area contributed by atoms with Gasteiger partial charge in [0.05, 0.1) is 10.7 Å². The SMILES string of the molecule is CCCN1CCCC(Nc2c(Cl)cc(F)cc2Br)CC1. The van der Waals surface area contributed by atoms with Crippen LogP contribution in [-0.4, -0.2) is 30.6 Å². The molecule has 1 aromatic rings. The zero-order valence-electron chi connectivity index (χ0n) is 11.8. The van der Waals surface area contributed by atoms with E-state index in [-0.39, 0.29) is 5.82 Å². The van der Waals surface area contributed by atoms with Crippen LogP contribution >= 0.6 is 27.5 Å². The summed E-state index contributed by atoms with van der Waals surface area (Å²) in [6.07, 6.45) is 4.61. The van der Waals surface area contributed by atoms with Gasteiger partial charge in [-0.1, -0.05) is 18.5 Å². The minimum atomic E-state index is -0.317. The van der Waals surface area contributed by atoms with E-state index in [1.807, 2.05) is 0 Å². The van der Waals surface area contributed by atoms with Gasteiger partial charge < -0.3 is 10.2 Å². The van der Waals surface area contributed by atoms with Crippen LogP contribution in [0.2, 0.25) is 5.02 Å². The third kappa shape index (κ3) is 4.34. The number of likely N-dealkylation sites (tertiary alicyclic amines) is 1. The van der Waals surface area contributed by atoms with Crippen molar-refractivity contribution in [3.05, 3.63) is 27.4 Å². The molecule has 0 amide bonds. The van der Waals surface area contributed by atoms with E-state index in [0.29, 0.717) is 15.5 Å². The van der Waals surface area contributed by atoms with Crippen molar-refractivity contribution in [2.24, 2.45) is 0 Å². The highest BCUT2D eigenvalue weighted by molar-refractivity contribution is 9.10. The number of benzene rings is 1. The maximum atomic E-state index is 13.2. The molecule has 1 atom stereocenters. The van der Waals surface area contributed by atoms with Gasteiger partial charge in [-0.3, -0.25) is 0 Å². The van der Waals surface area contributed by atoms with Crippen LogP contribution in [-0.2, 0) is 0 Å². The average molecular weight is 364 g/mol. The molecule has 2 nitrogen and oxygen atoms in total. The molecule has 112 valence electrons. The molecular formula is C15H21BrClFN2. The second-order valence-electron chi connectivity index (χ2n) is 5.36. The predicted molar refractivity (Wildman–Crippen MR) is 87.1 cm³/mol. The fourth-order valence-electron chi connectivity index (χ4n) is 2.72.